The van der Waals surface area contributed by atoms with Gasteiger partial charge in [0.25, 0.3) is 0 Å². The second-order valence-corrected chi connectivity index (χ2v) is 8.06. The fourth-order valence-electron chi connectivity index (χ4n) is 4.40. The summed E-state index contributed by atoms with van der Waals surface area (Å²) >= 11 is 0. The molecule has 1 atom stereocenters. The lowest BCUT2D eigenvalue weighted by atomic mass is 9.85. The molecule has 4 aromatic rings. The van der Waals surface area contributed by atoms with Crippen molar-refractivity contribution in [2.75, 3.05) is 7.11 Å². The van der Waals surface area contributed by atoms with Gasteiger partial charge >= 0.3 is 6.61 Å². The van der Waals surface area contributed by atoms with Crippen molar-refractivity contribution in [3.63, 3.8) is 0 Å². The number of benzene rings is 2. The van der Waals surface area contributed by atoms with Crippen LogP contribution >= 0.6 is 0 Å². The fourth-order valence-corrected chi connectivity index (χ4v) is 4.40. The lowest BCUT2D eigenvalue weighted by molar-refractivity contribution is -0.0498. The summed E-state index contributed by atoms with van der Waals surface area (Å²) in [7, 11) is 1.52. The van der Waals surface area contributed by atoms with Gasteiger partial charge in [-0.15, -0.1) is 0 Å². The van der Waals surface area contributed by atoms with Gasteiger partial charge < -0.3 is 19.1 Å². The molecule has 0 amide bonds. The Morgan fingerprint density at radius 3 is 2.31 bits per heavy atom. The summed E-state index contributed by atoms with van der Waals surface area (Å²) in [5.74, 6) is 0.675. The van der Waals surface area contributed by atoms with Crippen LogP contribution in [0.2, 0.25) is 0 Å². The van der Waals surface area contributed by atoms with Gasteiger partial charge in [0, 0.05) is 6.54 Å². The third-order valence-electron chi connectivity index (χ3n) is 6.06. The maximum absolute atomic E-state index is 12.7. The Morgan fingerprint density at radius 2 is 1.69 bits per heavy atom. The summed E-state index contributed by atoms with van der Waals surface area (Å²) in [6, 6.07) is 16.8. The highest BCUT2D eigenvalue weighted by molar-refractivity contribution is 5.75. The average molecular weight is 498 g/mol. The van der Waals surface area contributed by atoms with Crippen molar-refractivity contribution < 1.29 is 23.4 Å². The number of aliphatic hydroxyl groups is 1. The van der Waals surface area contributed by atoms with Gasteiger partial charge in [-0.25, -0.2) is 15.8 Å². The second-order valence-electron chi connectivity index (χ2n) is 8.06. The number of aromatic nitrogens is 3. The molecule has 2 aromatic heterocycles. The van der Waals surface area contributed by atoms with Crippen LogP contribution in [0.4, 0.5) is 8.78 Å². The van der Waals surface area contributed by atoms with E-state index in [0.29, 0.717) is 40.5 Å². The molecule has 3 heterocycles. The molecule has 1 aliphatic heterocycles. The van der Waals surface area contributed by atoms with E-state index in [1.807, 2.05) is 35.8 Å². The molecule has 1 saturated heterocycles. The molecule has 188 valence electrons. The van der Waals surface area contributed by atoms with E-state index in [-0.39, 0.29) is 11.9 Å². The zero-order valence-corrected chi connectivity index (χ0v) is 19.5. The van der Waals surface area contributed by atoms with E-state index in [1.54, 1.807) is 24.3 Å². The molecule has 36 heavy (non-hydrogen) atoms. The van der Waals surface area contributed by atoms with Gasteiger partial charge in [-0.2, -0.15) is 24.8 Å². The van der Waals surface area contributed by atoms with Crippen LogP contribution in [0.25, 0.3) is 11.2 Å². The number of pyridine rings is 1. The van der Waals surface area contributed by atoms with Crippen molar-refractivity contribution in [1.29, 1.82) is 0 Å². The number of fused-ring (bicyclic) bond motifs is 1. The predicted octanol–water partition coefficient (Wildman–Crippen LogP) is 2.46. The smallest absolute Gasteiger partial charge is 0.387 e. The summed E-state index contributed by atoms with van der Waals surface area (Å²) in [5, 5.41) is 12.3. The topological polar surface area (TPSA) is 118 Å². The molecule has 1 unspecified atom stereocenters. The zero-order valence-electron chi connectivity index (χ0n) is 19.5. The highest BCUT2D eigenvalue weighted by atomic mass is 19.3. The van der Waals surface area contributed by atoms with Crippen LogP contribution in [0.1, 0.15) is 35.6 Å². The third kappa shape index (κ3) is 4.14. The quantitative estimate of drug-likeness (QED) is 0.250. The minimum atomic E-state index is -2.95. The van der Waals surface area contributed by atoms with Crippen LogP contribution in [0.15, 0.2) is 60.7 Å². The highest BCUT2D eigenvalue weighted by Gasteiger charge is 2.39. The van der Waals surface area contributed by atoms with Crippen molar-refractivity contribution >= 4 is 11.2 Å². The number of hydrogen-bond acceptors (Lipinski definition) is 9. The van der Waals surface area contributed by atoms with Crippen LogP contribution in [0.3, 0.4) is 0 Å². The molecular formula is C24H25F2N7O3. The monoisotopic (exact) mass is 497 g/mol. The van der Waals surface area contributed by atoms with E-state index in [4.69, 9.17) is 9.72 Å². The molecule has 0 spiro atoms. The van der Waals surface area contributed by atoms with Crippen molar-refractivity contribution in [1.82, 2.24) is 36.5 Å². The Bertz CT molecular complexity index is 1350. The number of hydrazine groups is 3. The third-order valence-corrected chi connectivity index (χ3v) is 6.06. The number of nitrogens with zero attached hydrogens (tertiary/aromatic N) is 3. The van der Waals surface area contributed by atoms with Gasteiger partial charge in [0.1, 0.15) is 11.9 Å². The Labute approximate surface area is 205 Å². The predicted molar refractivity (Wildman–Crippen MR) is 127 cm³/mol. The minimum Gasteiger partial charge on any atom is -0.481 e. The van der Waals surface area contributed by atoms with Crippen LogP contribution in [0, 0.1) is 0 Å². The van der Waals surface area contributed by atoms with Crippen molar-refractivity contribution in [3.8, 4) is 11.6 Å². The van der Waals surface area contributed by atoms with Crippen molar-refractivity contribution in [2.24, 2.45) is 0 Å². The van der Waals surface area contributed by atoms with Crippen LogP contribution in [-0.2, 0) is 12.1 Å². The molecule has 5 rings (SSSR count). The summed E-state index contributed by atoms with van der Waals surface area (Å²) in [6.07, 6.45) is -0.337. The van der Waals surface area contributed by atoms with E-state index in [9.17, 15) is 13.9 Å². The number of rotatable bonds is 8. The van der Waals surface area contributed by atoms with Crippen LogP contribution in [-0.4, -0.2) is 33.4 Å². The number of aryl methyl sites for hydroxylation is 1. The van der Waals surface area contributed by atoms with E-state index in [2.05, 4.69) is 31.6 Å². The van der Waals surface area contributed by atoms with Crippen LogP contribution in [0.5, 0.6) is 11.6 Å². The summed E-state index contributed by atoms with van der Waals surface area (Å²) < 4.78 is 37.3. The van der Waals surface area contributed by atoms with Crippen LogP contribution < -0.4 is 31.4 Å². The van der Waals surface area contributed by atoms with Gasteiger partial charge in [-0.3, -0.25) is 0 Å². The molecule has 2 aromatic carbocycles. The minimum absolute atomic E-state index is 0.0111. The molecule has 1 aliphatic rings. The first-order valence-corrected chi connectivity index (χ1v) is 11.3. The molecule has 0 aliphatic carbocycles. The first-order valence-electron chi connectivity index (χ1n) is 11.3. The number of halogens is 2. The Balaban J connectivity index is 1.71. The summed E-state index contributed by atoms with van der Waals surface area (Å²) in [6.45, 7) is -0.532. The first-order chi connectivity index (χ1) is 17.5. The normalized spacial score (nSPS) is 15.9. The number of nitrogens with one attached hydrogen (secondary N) is 4. The Morgan fingerprint density at radius 1 is 1.03 bits per heavy atom. The molecule has 1 fully saturated rings. The zero-order chi connectivity index (χ0) is 25.3. The number of imidazole rings is 1. The molecular weight excluding hydrogens is 472 g/mol. The number of alkyl halides is 2. The standard InChI is InChI=1S/C24H25F2N7O3/c1-3-33-18-13-17(19-29-31-32-30-19)21(35-2)27-20(18)28-22(33)24(34,14-7-5-4-6-8-14)15-9-11-16(12-10-15)36-23(25)26/h4-13,19,23,29-32,34H,3H2,1-2H3. The SMILES string of the molecule is CCn1c(C(O)(c2ccccc2)c2ccc(OC(F)F)cc2)nc2nc(OC)c(C3NNNN3)cc21. The lowest BCUT2D eigenvalue weighted by Gasteiger charge is -2.29. The van der Waals surface area contributed by atoms with E-state index in [1.165, 1.54) is 19.2 Å². The molecule has 0 bridgehead atoms. The van der Waals surface area contributed by atoms with Crippen molar-refractivity contribution in [2.45, 2.75) is 31.8 Å². The Hall–Kier alpha value is -3.68. The number of ether oxygens (including phenoxy) is 2. The van der Waals surface area contributed by atoms with Gasteiger partial charge in [-0.1, -0.05) is 42.5 Å². The molecule has 12 heteroatoms. The molecule has 0 radical (unpaired) electrons. The van der Waals surface area contributed by atoms with Gasteiger partial charge in [-0.05, 0) is 36.2 Å². The average Bonchev–Trinajstić information content (AvgIpc) is 3.56. The summed E-state index contributed by atoms with van der Waals surface area (Å²) in [5.41, 5.74) is 12.6. The van der Waals surface area contributed by atoms with E-state index >= 15 is 0 Å². The summed E-state index contributed by atoms with van der Waals surface area (Å²) in [4.78, 5) is 9.37. The Kier molecular flexibility index (Phi) is 6.51. The maximum Gasteiger partial charge on any atom is 0.387 e. The molecule has 5 N–H and O–H groups in total. The van der Waals surface area contributed by atoms with E-state index < -0.39 is 12.2 Å². The van der Waals surface area contributed by atoms with Gasteiger partial charge in [0.05, 0.1) is 18.2 Å². The molecule has 10 nitrogen and oxygen atoms in total. The van der Waals surface area contributed by atoms with Gasteiger partial charge in [0.2, 0.25) is 5.88 Å². The highest BCUT2D eigenvalue weighted by Crippen LogP contribution is 2.39. The lowest BCUT2D eigenvalue weighted by Crippen LogP contribution is -2.33. The van der Waals surface area contributed by atoms with Gasteiger partial charge in [0.15, 0.2) is 17.1 Å². The number of hydrogen-bond donors (Lipinski definition) is 5. The largest absolute Gasteiger partial charge is 0.481 e. The van der Waals surface area contributed by atoms with Crippen molar-refractivity contribution in [3.05, 3.63) is 83.2 Å². The van der Waals surface area contributed by atoms with E-state index in [0.717, 1.165) is 5.56 Å². The maximum atomic E-state index is 12.7. The second kappa shape index (κ2) is 9.76. The number of methoxy groups -OCH3 is 1. The molecule has 0 saturated carbocycles. The fraction of sp³-hybridized carbons (Fsp3) is 0.250. The first kappa shape index (κ1) is 24.0.